The van der Waals surface area contributed by atoms with Crippen molar-refractivity contribution in [3.05, 3.63) is 23.9 Å². The molecule has 1 aromatic heterocycles. The number of nitrogens with zero attached hydrogens (tertiary/aromatic N) is 1. The summed E-state index contributed by atoms with van der Waals surface area (Å²) in [6.45, 7) is -1.10. The van der Waals surface area contributed by atoms with Crippen molar-refractivity contribution in [1.82, 2.24) is 4.98 Å². The second kappa shape index (κ2) is 4.13. The van der Waals surface area contributed by atoms with E-state index in [1.54, 1.807) is 13.0 Å². The monoisotopic (exact) mass is 188 g/mol. The zero-order valence-corrected chi connectivity index (χ0v) is 7.08. The molecular formula is C8H10F2N2O. The third kappa shape index (κ3) is 2.95. The maximum absolute atomic E-state index is 11.8. The van der Waals surface area contributed by atoms with Crippen LogP contribution >= 0.6 is 0 Å². The molecular weight excluding hydrogens is 178 g/mol. The van der Waals surface area contributed by atoms with Crippen molar-refractivity contribution >= 4 is 0 Å². The minimum Gasteiger partial charge on any atom is -0.417 e. The average Bonchev–Trinajstić information content (AvgIpc) is 2.03. The summed E-state index contributed by atoms with van der Waals surface area (Å²) in [6.07, 6.45) is 1.39. The van der Waals surface area contributed by atoms with Gasteiger partial charge in [0.1, 0.15) is 0 Å². The standard InChI is InChI=1S/C8H10F2N2O/c1-5(11)6-2-3-12-7(4-6)13-8(9)10/h2-5,8H,11H2,1H3. The van der Waals surface area contributed by atoms with Crippen LogP contribution in [0.4, 0.5) is 8.78 Å². The molecule has 1 heterocycles. The van der Waals surface area contributed by atoms with Crippen molar-refractivity contribution < 1.29 is 13.5 Å². The lowest BCUT2D eigenvalue weighted by molar-refractivity contribution is -0.0529. The Morgan fingerprint density at radius 1 is 1.54 bits per heavy atom. The zero-order chi connectivity index (χ0) is 9.84. The van der Waals surface area contributed by atoms with E-state index in [-0.39, 0.29) is 11.9 Å². The van der Waals surface area contributed by atoms with Gasteiger partial charge in [-0.05, 0) is 18.6 Å². The fourth-order valence-corrected chi connectivity index (χ4v) is 0.864. The molecule has 5 heteroatoms. The SMILES string of the molecule is CC(N)c1ccnc(OC(F)F)c1. The molecule has 0 radical (unpaired) electrons. The van der Waals surface area contributed by atoms with Gasteiger partial charge in [0.05, 0.1) is 0 Å². The second-order valence-electron chi connectivity index (χ2n) is 2.59. The van der Waals surface area contributed by atoms with E-state index in [2.05, 4.69) is 9.72 Å². The summed E-state index contributed by atoms with van der Waals surface area (Å²) < 4.78 is 27.6. The number of pyridine rings is 1. The number of rotatable bonds is 3. The summed E-state index contributed by atoms with van der Waals surface area (Å²) in [7, 11) is 0. The lowest BCUT2D eigenvalue weighted by Gasteiger charge is -2.07. The highest BCUT2D eigenvalue weighted by molar-refractivity contribution is 5.22. The van der Waals surface area contributed by atoms with Crippen LogP contribution in [0.2, 0.25) is 0 Å². The van der Waals surface area contributed by atoms with Crippen molar-refractivity contribution in [1.29, 1.82) is 0 Å². The van der Waals surface area contributed by atoms with Gasteiger partial charge in [0, 0.05) is 18.3 Å². The highest BCUT2D eigenvalue weighted by Crippen LogP contribution is 2.16. The highest BCUT2D eigenvalue weighted by Gasteiger charge is 2.07. The molecule has 0 aliphatic rings. The molecule has 1 unspecified atom stereocenters. The van der Waals surface area contributed by atoms with Crippen LogP contribution in [0.5, 0.6) is 5.88 Å². The first kappa shape index (κ1) is 9.85. The normalized spacial score (nSPS) is 13.0. The molecule has 0 aliphatic heterocycles. The van der Waals surface area contributed by atoms with Gasteiger partial charge < -0.3 is 10.5 Å². The van der Waals surface area contributed by atoms with Crippen molar-refractivity contribution in [3.63, 3.8) is 0 Å². The molecule has 0 aromatic carbocycles. The maximum Gasteiger partial charge on any atom is 0.388 e. The first-order chi connectivity index (χ1) is 6.09. The predicted molar refractivity (Wildman–Crippen MR) is 43.5 cm³/mol. The Kier molecular flexibility index (Phi) is 3.13. The lowest BCUT2D eigenvalue weighted by Crippen LogP contribution is -2.07. The van der Waals surface area contributed by atoms with E-state index >= 15 is 0 Å². The van der Waals surface area contributed by atoms with E-state index in [1.165, 1.54) is 12.3 Å². The van der Waals surface area contributed by atoms with E-state index in [9.17, 15) is 8.78 Å². The molecule has 1 rings (SSSR count). The van der Waals surface area contributed by atoms with Gasteiger partial charge in [-0.25, -0.2) is 4.98 Å². The minimum absolute atomic E-state index is 0.107. The number of hydrogen-bond donors (Lipinski definition) is 1. The van der Waals surface area contributed by atoms with Gasteiger partial charge in [-0.15, -0.1) is 0 Å². The van der Waals surface area contributed by atoms with Crippen molar-refractivity contribution in [3.8, 4) is 5.88 Å². The maximum atomic E-state index is 11.8. The Morgan fingerprint density at radius 3 is 2.77 bits per heavy atom. The number of hydrogen-bond acceptors (Lipinski definition) is 3. The van der Waals surface area contributed by atoms with Gasteiger partial charge >= 0.3 is 6.61 Å². The highest BCUT2D eigenvalue weighted by atomic mass is 19.3. The quantitative estimate of drug-likeness (QED) is 0.785. The van der Waals surface area contributed by atoms with Crippen LogP contribution in [0.15, 0.2) is 18.3 Å². The van der Waals surface area contributed by atoms with E-state index in [1.807, 2.05) is 0 Å². The number of ether oxygens (including phenoxy) is 1. The summed E-state index contributed by atoms with van der Waals surface area (Å²) in [5, 5.41) is 0. The molecule has 0 amide bonds. The molecule has 0 bridgehead atoms. The van der Waals surface area contributed by atoms with Gasteiger partial charge in [-0.1, -0.05) is 0 Å². The largest absolute Gasteiger partial charge is 0.417 e. The van der Waals surface area contributed by atoms with Crippen molar-refractivity contribution in [2.75, 3.05) is 0 Å². The van der Waals surface area contributed by atoms with Gasteiger partial charge in [-0.2, -0.15) is 8.78 Å². The summed E-state index contributed by atoms with van der Waals surface area (Å²) >= 11 is 0. The first-order valence-corrected chi connectivity index (χ1v) is 3.76. The van der Waals surface area contributed by atoms with Gasteiger partial charge in [0.25, 0.3) is 0 Å². The molecule has 3 nitrogen and oxygen atoms in total. The minimum atomic E-state index is -2.85. The van der Waals surface area contributed by atoms with Crippen molar-refractivity contribution in [2.24, 2.45) is 5.73 Å². The molecule has 72 valence electrons. The summed E-state index contributed by atoms with van der Waals surface area (Å²) in [4.78, 5) is 3.60. The van der Waals surface area contributed by atoms with Crippen LogP contribution in [0.25, 0.3) is 0 Å². The van der Waals surface area contributed by atoms with Crippen LogP contribution in [0.3, 0.4) is 0 Å². The Morgan fingerprint density at radius 2 is 2.23 bits per heavy atom. The Labute approximate surface area is 74.5 Å². The first-order valence-electron chi connectivity index (χ1n) is 3.76. The van der Waals surface area contributed by atoms with Crippen LogP contribution in [0, 0.1) is 0 Å². The topological polar surface area (TPSA) is 48.1 Å². The van der Waals surface area contributed by atoms with E-state index < -0.39 is 6.61 Å². The molecule has 1 atom stereocenters. The van der Waals surface area contributed by atoms with Gasteiger partial charge in [0.2, 0.25) is 5.88 Å². The molecule has 0 aliphatic carbocycles. The number of nitrogens with two attached hydrogens (primary N) is 1. The van der Waals surface area contributed by atoms with E-state index in [0.29, 0.717) is 5.56 Å². The molecule has 0 saturated heterocycles. The molecule has 0 fully saturated rings. The predicted octanol–water partition coefficient (Wildman–Crippen LogP) is 1.70. The molecule has 2 N–H and O–H groups in total. The summed E-state index contributed by atoms with van der Waals surface area (Å²) in [5.74, 6) is -0.107. The second-order valence-corrected chi connectivity index (χ2v) is 2.59. The fourth-order valence-electron chi connectivity index (χ4n) is 0.864. The Bertz CT molecular complexity index is 279. The van der Waals surface area contributed by atoms with E-state index in [4.69, 9.17) is 5.73 Å². The summed E-state index contributed by atoms with van der Waals surface area (Å²) in [5.41, 5.74) is 6.26. The average molecular weight is 188 g/mol. The van der Waals surface area contributed by atoms with Gasteiger partial charge in [-0.3, -0.25) is 0 Å². The van der Waals surface area contributed by atoms with Crippen LogP contribution in [-0.2, 0) is 0 Å². The Balaban J connectivity index is 2.79. The van der Waals surface area contributed by atoms with Crippen LogP contribution in [-0.4, -0.2) is 11.6 Å². The van der Waals surface area contributed by atoms with E-state index in [0.717, 1.165) is 0 Å². The van der Waals surface area contributed by atoms with Crippen LogP contribution in [0.1, 0.15) is 18.5 Å². The number of aromatic nitrogens is 1. The molecule has 0 spiro atoms. The molecule has 1 aromatic rings. The van der Waals surface area contributed by atoms with Crippen molar-refractivity contribution in [2.45, 2.75) is 19.6 Å². The number of alkyl halides is 2. The fraction of sp³-hybridized carbons (Fsp3) is 0.375. The van der Waals surface area contributed by atoms with Crippen LogP contribution < -0.4 is 10.5 Å². The molecule has 0 saturated carbocycles. The van der Waals surface area contributed by atoms with Gasteiger partial charge in [0.15, 0.2) is 0 Å². The third-order valence-corrected chi connectivity index (χ3v) is 1.49. The number of halogens is 2. The lowest BCUT2D eigenvalue weighted by atomic mass is 10.1. The zero-order valence-electron chi connectivity index (χ0n) is 7.08. The smallest absolute Gasteiger partial charge is 0.388 e. The molecule has 13 heavy (non-hydrogen) atoms. The Hall–Kier alpha value is -1.23. The third-order valence-electron chi connectivity index (χ3n) is 1.49. The summed E-state index contributed by atoms with van der Waals surface area (Å²) in [6, 6.07) is 2.84.